The van der Waals surface area contributed by atoms with Crippen LogP contribution in [-0.2, 0) is 15.0 Å². The topological polar surface area (TPSA) is 58.6 Å². The third kappa shape index (κ3) is 4.99. The average Bonchev–Trinajstić information content (AvgIpc) is 2.55. The summed E-state index contributed by atoms with van der Waals surface area (Å²) in [5, 5.41) is 3.01. The quantitative estimate of drug-likeness (QED) is 0.842. The Morgan fingerprint density at radius 1 is 1.27 bits per heavy atom. The van der Waals surface area contributed by atoms with Gasteiger partial charge in [0.05, 0.1) is 5.69 Å². The van der Waals surface area contributed by atoms with Gasteiger partial charge in [-0.3, -0.25) is 9.59 Å². The van der Waals surface area contributed by atoms with Gasteiger partial charge < -0.3 is 15.0 Å². The van der Waals surface area contributed by atoms with Crippen LogP contribution in [0.2, 0.25) is 0 Å². The highest BCUT2D eigenvalue weighted by Crippen LogP contribution is 2.36. The van der Waals surface area contributed by atoms with E-state index in [0.717, 1.165) is 17.0 Å². The molecule has 1 atom stereocenters. The second kappa shape index (κ2) is 8.11. The molecule has 0 aromatic heterocycles. The van der Waals surface area contributed by atoms with Crippen LogP contribution in [-0.4, -0.2) is 31.0 Å². The summed E-state index contributed by atoms with van der Waals surface area (Å²) in [5.41, 5.74) is 1.96. The second-order valence-corrected chi connectivity index (χ2v) is 8.47. The SMILES string of the molecule is CC(C)C(C)NC(=O)CCCN1C(=O)COc2ccc(C(C)(C)C)cc21. The minimum atomic E-state index is -0.0560. The third-order valence-electron chi connectivity index (χ3n) is 4.94. The molecule has 5 heteroatoms. The van der Waals surface area contributed by atoms with Gasteiger partial charge in [0.1, 0.15) is 5.75 Å². The first-order valence-electron chi connectivity index (χ1n) is 9.46. The highest BCUT2D eigenvalue weighted by Gasteiger charge is 2.27. The van der Waals surface area contributed by atoms with E-state index in [4.69, 9.17) is 4.74 Å². The lowest BCUT2D eigenvalue weighted by Gasteiger charge is -2.31. The van der Waals surface area contributed by atoms with Crippen LogP contribution in [0.3, 0.4) is 0 Å². The van der Waals surface area contributed by atoms with Crippen LogP contribution in [0.5, 0.6) is 5.75 Å². The molecular formula is C21H32N2O3. The molecular weight excluding hydrogens is 328 g/mol. The molecule has 5 nitrogen and oxygen atoms in total. The summed E-state index contributed by atoms with van der Waals surface area (Å²) in [6, 6.07) is 6.18. The van der Waals surface area contributed by atoms with Crippen molar-refractivity contribution in [2.24, 2.45) is 5.92 Å². The van der Waals surface area contributed by atoms with Gasteiger partial charge in [-0.05, 0) is 42.4 Å². The zero-order chi connectivity index (χ0) is 19.5. The van der Waals surface area contributed by atoms with Gasteiger partial charge >= 0.3 is 0 Å². The number of carbonyl (C=O) groups is 2. The number of amides is 2. The number of fused-ring (bicyclic) bond motifs is 1. The second-order valence-electron chi connectivity index (χ2n) is 8.47. The Morgan fingerprint density at radius 2 is 1.96 bits per heavy atom. The molecule has 2 amide bonds. The van der Waals surface area contributed by atoms with Gasteiger partial charge in [0, 0.05) is 19.0 Å². The normalized spacial score (nSPS) is 15.5. The van der Waals surface area contributed by atoms with E-state index in [-0.39, 0.29) is 29.9 Å². The number of nitrogens with one attached hydrogen (secondary N) is 1. The van der Waals surface area contributed by atoms with E-state index in [9.17, 15) is 9.59 Å². The zero-order valence-corrected chi connectivity index (χ0v) is 16.9. The van der Waals surface area contributed by atoms with Crippen LogP contribution < -0.4 is 15.0 Å². The van der Waals surface area contributed by atoms with Gasteiger partial charge in [-0.25, -0.2) is 0 Å². The highest BCUT2D eigenvalue weighted by atomic mass is 16.5. The maximum Gasteiger partial charge on any atom is 0.265 e. The first-order valence-corrected chi connectivity index (χ1v) is 9.46. The molecule has 1 unspecified atom stereocenters. The van der Waals surface area contributed by atoms with Gasteiger partial charge in [0.2, 0.25) is 5.91 Å². The number of rotatable bonds is 6. The predicted octanol–water partition coefficient (Wildman–Crippen LogP) is 3.65. The molecule has 1 N–H and O–H groups in total. The van der Waals surface area contributed by atoms with Crippen molar-refractivity contribution in [3.05, 3.63) is 23.8 Å². The maximum atomic E-state index is 12.4. The molecule has 1 aliphatic rings. The number of ether oxygens (including phenoxy) is 1. The van der Waals surface area contributed by atoms with Crippen molar-refractivity contribution in [2.45, 2.75) is 65.8 Å². The van der Waals surface area contributed by atoms with Crippen molar-refractivity contribution in [3.63, 3.8) is 0 Å². The molecule has 2 rings (SSSR count). The smallest absolute Gasteiger partial charge is 0.265 e. The summed E-state index contributed by atoms with van der Waals surface area (Å²) >= 11 is 0. The largest absolute Gasteiger partial charge is 0.482 e. The lowest BCUT2D eigenvalue weighted by molar-refractivity contribution is -0.123. The lowest BCUT2D eigenvalue weighted by Crippen LogP contribution is -2.40. The summed E-state index contributed by atoms with van der Waals surface area (Å²) in [7, 11) is 0. The Hall–Kier alpha value is -2.04. The first kappa shape index (κ1) is 20.3. The molecule has 0 fully saturated rings. The van der Waals surface area contributed by atoms with Crippen LogP contribution in [0.15, 0.2) is 18.2 Å². The van der Waals surface area contributed by atoms with Crippen LogP contribution in [0.4, 0.5) is 5.69 Å². The van der Waals surface area contributed by atoms with Crippen LogP contribution in [0, 0.1) is 5.92 Å². The summed E-state index contributed by atoms with van der Waals surface area (Å²) in [6.07, 6.45) is 1.04. The molecule has 1 aliphatic heterocycles. The standard InChI is InChI=1S/C21H32N2O3/c1-14(2)15(3)22-19(24)8-7-11-23-17-12-16(21(4,5)6)9-10-18(17)26-13-20(23)25/h9-10,12,14-15H,7-8,11,13H2,1-6H3,(H,22,24). The van der Waals surface area contributed by atoms with Gasteiger partial charge in [0.25, 0.3) is 5.91 Å². The maximum absolute atomic E-state index is 12.4. The van der Waals surface area contributed by atoms with Gasteiger partial charge in [-0.2, -0.15) is 0 Å². The fraction of sp³-hybridized carbons (Fsp3) is 0.619. The number of anilines is 1. The van der Waals surface area contributed by atoms with Crippen molar-refractivity contribution in [2.75, 3.05) is 18.1 Å². The fourth-order valence-electron chi connectivity index (χ4n) is 2.80. The average molecular weight is 360 g/mol. The molecule has 1 heterocycles. The van der Waals surface area contributed by atoms with E-state index in [0.29, 0.717) is 25.3 Å². The van der Waals surface area contributed by atoms with E-state index in [2.05, 4.69) is 39.9 Å². The van der Waals surface area contributed by atoms with Crippen molar-refractivity contribution in [1.82, 2.24) is 5.32 Å². The Balaban J connectivity index is 2.04. The van der Waals surface area contributed by atoms with Crippen molar-refractivity contribution in [3.8, 4) is 5.75 Å². The predicted molar refractivity (Wildman–Crippen MR) is 105 cm³/mol. The minimum absolute atomic E-state index is 0.00589. The Kier molecular flexibility index (Phi) is 6.32. The Bertz CT molecular complexity index is 662. The monoisotopic (exact) mass is 360 g/mol. The van der Waals surface area contributed by atoms with E-state index in [1.165, 1.54) is 0 Å². The van der Waals surface area contributed by atoms with E-state index >= 15 is 0 Å². The Labute approximate surface area is 157 Å². The molecule has 0 aliphatic carbocycles. The summed E-state index contributed by atoms with van der Waals surface area (Å²) in [4.78, 5) is 26.2. The molecule has 0 spiro atoms. The number of hydrogen-bond acceptors (Lipinski definition) is 3. The molecule has 1 aromatic carbocycles. The molecule has 0 saturated heterocycles. The van der Waals surface area contributed by atoms with Crippen LogP contribution >= 0.6 is 0 Å². The van der Waals surface area contributed by atoms with Crippen LogP contribution in [0.25, 0.3) is 0 Å². The summed E-state index contributed by atoms with van der Waals surface area (Å²) in [6.45, 7) is 13.2. The van der Waals surface area contributed by atoms with Crippen molar-refractivity contribution < 1.29 is 14.3 Å². The molecule has 0 bridgehead atoms. The molecule has 144 valence electrons. The zero-order valence-electron chi connectivity index (χ0n) is 16.9. The van der Waals surface area contributed by atoms with E-state index in [1.54, 1.807) is 4.90 Å². The summed E-state index contributed by atoms with van der Waals surface area (Å²) in [5.74, 6) is 1.12. The third-order valence-corrected chi connectivity index (χ3v) is 4.94. The minimum Gasteiger partial charge on any atom is -0.482 e. The lowest BCUT2D eigenvalue weighted by atomic mass is 9.86. The van der Waals surface area contributed by atoms with Gasteiger partial charge in [-0.1, -0.05) is 40.7 Å². The van der Waals surface area contributed by atoms with E-state index < -0.39 is 0 Å². The number of carbonyl (C=O) groups excluding carboxylic acids is 2. The molecule has 26 heavy (non-hydrogen) atoms. The molecule has 0 saturated carbocycles. The number of benzene rings is 1. The molecule has 1 aromatic rings. The number of nitrogens with zero attached hydrogens (tertiary/aromatic N) is 1. The highest BCUT2D eigenvalue weighted by molar-refractivity contribution is 5.98. The Morgan fingerprint density at radius 3 is 2.58 bits per heavy atom. The fourth-order valence-corrected chi connectivity index (χ4v) is 2.80. The van der Waals surface area contributed by atoms with Gasteiger partial charge in [0.15, 0.2) is 6.61 Å². The number of hydrogen-bond donors (Lipinski definition) is 1. The van der Waals surface area contributed by atoms with Crippen LogP contribution in [0.1, 0.15) is 59.9 Å². The van der Waals surface area contributed by atoms with E-state index in [1.807, 2.05) is 25.1 Å². The summed E-state index contributed by atoms with van der Waals surface area (Å²) < 4.78 is 5.57. The van der Waals surface area contributed by atoms with Crippen molar-refractivity contribution >= 4 is 17.5 Å². The molecule has 0 radical (unpaired) electrons. The first-order chi connectivity index (χ1) is 12.1. The van der Waals surface area contributed by atoms with Crippen molar-refractivity contribution in [1.29, 1.82) is 0 Å². The van der Waals surface area contributed by atoms with Gasteiger partial charge in [-0.15, -0.1) is 0 Å².